The number of esters is 1. The summed E-state index contributed by atoms with van der Waals surface area (Å²) >= 11 is 0. The highest BCUT2D eigenvalue weighted by atomic mass is 19.4. The maximum absolute atomic E-state index is 12.6. The number of nitrogens with zero attached hydrogens (tertiary/aromatic N) is 2. The van der Waals surface area contributed by atoms with Gasteiger partial charge in [-0.25, -0.2) is 4.98 Å². The van der Waals surface area contributed by atoms with E-state index in [4.69, 9.17) is 14.5 Å². The van der Waals surface area contributed by atoms with E-state index in [0.717, 1.165) is 35.9 Å². The third kappa shape index (κ3) is 6.52. The van der Waals surface area contributed by atoms with Crippen molar-refractivity contribution in [1.29, 1.82) is 0 Å². The normalized spacial score (nSPS) is 19.3. The molecule has 2 atom stereocenters. The highest BCUT2D eigenvalue weighted by Crippen LogP contribution is 2.46. The van der Waals surface area contributed by atoms with Crippen molar-refractivity contribution < 1.29 is 32.2 Å². The van der Waals surface area contributed by atoms with Crippen LogP contribution in [0.25, 0.3) is 11.0 Å². The number of benzene rings is 2. The molecular formula is C28H34F3N3O4. The fourth-order valence-electron chi connectivity index (χ4n) is 5.71. The van der Waals surface area contributed by atoms with Crippen LogP contribution >= 0.6 is 0 Å². The predicted molar refractivity (Wildman–Crippen MR) is 139 cm³/mol. The van der Waals surface area contributed by atoms with Crippen LogP contribution in [0.1, 0.15) is 58.1 Å². The van der Waals surface area contributed by atoms with Crippen molar-refractivity contribution in [2.45, 2.75) is 65.3 Å². The first-order valence-electron chi connectivity index (χ1n) is 12.7. The van der Waals surface area contributed by atoms with Crippen LogP contribution in [0.2, 0.25) is 0 Å². The van der Waals surface area contributed by atoms with E-state index in [9.17, 15) is 18.0 Å². The zero-order valence-electron chi connectivity index (χ0n) is 22.3. The van der Waals surface area contributed by atoms with Crippen molar-refractivity contribution in [2.75, 3.05) is 19.5 Å². The number of alkyl halides is 3. The van der Waals surface area contributed by atoms with Crippen molar-refractivity contribution >= 4 is 28.6 Å². The monoisotopic (exact) mass is 533 g/mol. The number of fused-ring (bicyclic) bond motifs is 1. The first kappa shape index (κ1) is 27.6. The minimum absolute atomic E-state index is 0.136. The molecule has 10 heteroatoms. The van der Waals surface area contributed by atoms with E-state index >= 15 is 0 Å². The number of methoxy groups -OCH3 is 2. The van der Waals surface area contributed by atoms with Gasteiger partial charge in [-0.05, 0) is 72.9 Å². The van der Waals surface area contributed by atoms with E-state index in [1.54, 1.807) is 7.11 Å². The maximum atomic E-state index is 12.6. The Balaban J connectivity index is 1.76. The topological polar surface area (TPSA) is 74.6 Å². The zero-order valence-corrected chi connectivity index (χ0v) is 22.3. The second-order valence-electron chi connectivity index (χ2n) is 10.8. The SMILES string of the molecule is COC(=O)CCc1cc2nc(Nc3ccc(OC(F)(F)F)cc3)n([C@@H]3C[C@H](C)CC(C)(C)C3)c2cc1OC. The summed E-state index contributed by atoms with van der Waals surface area (Å²) in [5.41, 5.74) is 3.18. The van der Waals surface area contributed by atoms with Crippen molar-refractivity contribution in [3.8, 4) is 11.5 Å². The Morgan fingerprint density at radius 2 is 1.87 bits per heavy atom. The van der Waals surface area contributed by atoms with Gasteiger partial charge in [-0.15, -0.1) is 13.2 Å². The fourth-order valence-corrected chi connectivity index (χ4v) is 5.71. The number of aromatic nitrogens is 2. The lowest BCUT2D eigenvalue weighted by molar-refractivity contribution is -0.274. The Morgan fingerprint density at radius 3 is 2.47 bits per heavy atom. The van der Waals surface area contributed by atoms with E-state index in [2.05, 4.69) is 35.4 Å². The van der Waals surface area contributed by atoms with Crippen molar-refractivity contribution in [2.24, 2.45) is 11.3 Å². The maximum Gasteiger partial charge on any atom is 0.573 e. The number of carbonyl (C=O) groups excluding carboxylic acids is 1. The molecule has 206 valence electrons. The second kappa shape index (κ2) is 10.7. The number of imidazole rings is 1. The van der Waals surface area contributed by atoms with Gasteiger partial charge in [0.15, 0.2) is 0 Å². The first-order valence-corrected chi connectivity index (χ1v) is 12.7. The largest absolute Gasteiger partial charge is 0.573 e. The molecule has 0 amide bonds. The molecule has 0 spiro atoms. The van der Waals surface area contributed by atoms with Crippen molar-refractivity contribution in [3.63, 3.8) is 0 Å². The average Bonchev–Trinajstić information content (AvgIpc) is 3.17. The van der Waals surface area contributed by atoms with Crippen LogP contribution in [0.5, 0.6) is 11.5 Å². The molecule has 0 bridgehead atoms. The Labute approximate surface area is 220 Å². The summed E-state index contributed by atoms with van der Waals surface area (Å²) in [5, 5.41) is 3.31. The first-order chi connectivity index (χ1) is 17.9. The number of anilines is 2. The van der Waals surface area contributed by atoms with E-state index < -0.39 is 6.36 Å². The molecule has 0 unspecified atom stereocenters. The zero-order chi connectivity index (χ0) is 27.7. The number of ether oxygens (including phenoxy) is 3. The standard InChI is InChI=1S/C28H34F3N3O4/c1-17-12-20(16-27(2,3)15-17)34-23-14-24(36-4)18(6-11-25(35)37-5)13-22(23)33-26(34)32-19-7-9-21(10-8-19)38-28(29,30)31/h7-10,13-14,17,20H,6,11-12,15-16H2,1-5H3,(H,32,33)/t17-,20+/m0/s1. The molecule has 1 aliphatic carbocycles. The third-order valence-electron chi connectivity index (χ3n) is 6.99. The molecule has 1 aliphatic rings. The number of hydrogen-bond donors (Lipinski definition) is 1. The van der Waals surface area contributed by atoms with Crippen LogP contribution in [0, 0.1) is 11.3 Å². The highest BCUT2D eigenvalue weighted by Gasteiger charge is 2.35. The quantitative estimate of drug-likeness (QED) is 0.309. The molecule has 4 rings (SSSR count). The summed E-state index contributed by atoms with van der Waals surface area (Å²) in [7, 11) is 2.95. The molecular weight excluding hydrogens is 499 g/mol. The molecule has 2 aromatic carbocycles. The van der Waals surface area contributed by atoms with E-state index in [-0.39, 0.29) is 29.6 Å². The second-order valence-corrected chi connectivity index (χ2v) is 10.8. The molecule has 1 heterocycles. The molecule has 7 nitrogen and oxygen atoms in total. The van der Waals surface area contributed by atoms with Crippen LogP contribution in [0.3, 0.4) is 0 Å². The number of aryl methyl sites for hydroxylation is 1. The summed E-state index contributed by atoms with van der Waals surface area (Å²) < 4.78 is 54.4. The van der Waals surface area contributed by atoms with Gasteiger partial charge in [0.05, 0.1) is 25.3 Å². The fraction of sp³-hybridized carbons (Fsp3) is 0.500. The summed E-state index contributed by atoms with van der Waals surface area (Å²) in [6.07, 6.45) is -1.06. The molecule has 38 heavy (non-hydrogen) atoms. The van der Waals surface area contributed by atoms with Crippen LogP contribution in [-0.4, -0.2) is 36.1 Å². The smallest absolute Gasteiger partial charge is 0.496 e. The van der Waals surface area contributed by atoms with Gasteiger partial charge in [0.2, 0.25) is 5.95 Å². The molecule has 0 saturated heterocycles. The van der Waals surface area contributed by atoms with Crippen molar-refractivity contribution in [1.82, 2.24) is 9.55 Å². The molecule has 1 fully saturated rings. The molecule has 0 aliphatic heterocycles. The lowest BCUT2D eigenvalue weighted by Gasteiger charge is -2.40. The van der Waals surface area contributed by atoms with Crippen LogP contribution in [-0.2, 0) is 16.0 Å². The van der Waals surface area contributed by atoms with Gasteiger partial charge in [0.25, 0.3) is 0 Å². The average molecular weight is 534 g/mol. The minimum Gasteiger partial charge on any atom is -0.496 e. The molecule has 3 aromatic rings. The molecule has 1 N–H and O–H groups in total. The van der Waals surface area contributed by atoms with Crippen LogP contribution in [0.15, 0.2) is 36.4 Å². The summed E-state index contributed by atoms with van der Waals surface area (Å²) in [6, 6.07) is 9.62. The highest BCUT2D eigenvalue weighted by molar-refractivity contribution is 5.83. The van der Waals surface area contributed by atoms with Crippen LogP contribution in [0.4, 0.5) is 24.8 Å². The van der Waals surface area contributed by atoms with E-state index in [0.29, 0.717) is 29.7 Å². The van der Waals surface area contributed by atoms with Gasteiger partial charge in [-0.1, -0.05) is 20.8 Å². The number of halogens is 3. The molecule has 0 radical (unpaired) electrons. The van der Waals surface area contributed by atoms with Gasteiger partial charge in [-0.3, -0.25) is 4.79 Å². The van der Waals surface area contributed by atoms with Crippen molar-refractivity contribution in [3.05, 3.63) is 42.0 Å². The van der Waals surface area contributed by atoms with Crippen LogP contribution < -0.4 is 14.8 Å². The van der Waals surface area contributed by atoms with Gasteiger partial charge in [0.1, 0.15) is 11.5 Å². The third-order valence-corrected chi connectivity index (χ3v) is 6.99. The lowest BCUT2D eigenvalue weighted by atomic mass is 9.70. The van der Waals surface area contributed by atoms with Gasteiger partial charge >= 0.3 is 12.3 Å². The molecule has 1 saturated carbocycles. The Hall–Kier alpha value is -3.43. The Morgan fingerprint density at radius 1 is 1.16 bits per heavy atom. The number of nitrogens with one attached hydrogen (secondary N) is 1. The lowest BCUT2D eigenvalue weighted by Crippen LogP contribution is -2.29. The molecule has 1 aromatic heterocycles. The van der Waals surface area contributed by atoms with E-state index in [1.165, 1.54) is 31.4 Å². The summed E-state index contributed by atoms with van der Waals surface area (Å²) in [4.78, 5) is 16.6. The van der Waals surface area contributed by atoms with E-state index in [1.807, 2.05) is 12.1 Å². The number of hydrogen-bond acceptors (Lipinski definition) is 6. The summed E-state index contributed by atoms with van der Waals surface area (Å²) in [5.74, 6) is 1.15. The summed E-state index contributed by atoms with van der Waals surface area (Å²) in [6.45, 7) is 6.80. The predicted octanol–water partition coefficient (Wildman–Crippen LogP) is 7.18. The van der Waals surface area contributed by atoms with Gasteiger partial charge < -0.3 is 24.1 Å². The Bertz CT molecular complexity index is 1290. The minimum atomic E-state index is -4.75. The number of carbonyl (C=O) groups is 1. The number of rotatable bonds is 8. The van der Waals surface area contributed by atoms with Gasteiger partial charge in [-0.2, -0.15) is 0 Å². The Kier molecular flexibility index (Phi) is 7.80. The van der Waals surface area contributed by atoms with Gasteiger partial charge in [0, 0.05) is 24.2 Å².